The molecule has 0 aromatic rings. The van der Waals surface area contributed by atoms with E-state index in [0.29, 0.717) is 12.3 Å². The van der Waals surface area contributed by atoms with E-state index in [-0.39, 0.29) is 0 Å². The molecule has 51 valence electrons. The largest absolute Gasteiger partial charge is 0.303 e. The van der Waals surface area contributed by atoms with E-state index in [2.05, 4.69) is 13.5 Å². The zero-order valence-electron chi connectivity index (χ0n) is 5.68. The predicted octanol–water partition coefficient (Wildman–Crippen LogP) is 1.99. The van der Waals surface area contributed by atoms with Gasteiger partial charge in [-0.25, -0.2) is 0 Å². The van der Waals surface area contributed by atoms with Gasteiger partial charge in [0.25, 0.3) is 0 Å². The van der Waals surface area contributed by atoms with Crippen molar-refractivity contribution < 1.29 is 4.79 Å². The average molecular weight is 125 g/mol. The van der Waals surface area contributed by atoms with E-state index in [9.17, 15) is 4.79 Å². The second-order valence-electron chi connectivity index (χ2n) is 2.03. The van der Waals surface area contributed by atoms with E-state index in [1.54, 1.807) is 0 Å². The highest BCUT2D eigenvalue weighted by Gasteiger charge is 1.97. The summed E-state index contributed by atoms with van der Waals surface area (Å²) in [5.41, 5.74) is 0. The Labute approximate surface area is 56.8 Å². The molecule has 1 nitrogen and oxygen atoms in total. The van der Waals surface area contributed by atoms with Crippen molar-refractivity contribution in [1.82, 2.24) is 0 Å². The molecule has 0 saturated heterocycles. The molecule has 1 heteroatoms. The summed E-state index contributed by atoms with van der Waals surface area (Å²) in [6.45, 7) is 7.35. The summed E-state index contributed by atoms with van der Waals surface area (Å²) in [6, 6.07) is 0. The normalized spacial score (nSPS) is 12.6. The molecule has 0 aliphatic carbocycles. The van der Waals surface area contributed by atoms with Gasteiger partial charge in [-0.1, -0.05) is 13.0 Å². The first-order chi connectivity index (χ1) is 4.35. The van der Waals surface area contributed by atoms with Crippen LogP contribution in [-0.2, 0) is 4.79 Å². The molecule has 0 aromatic heterocycles. The predicted molar refractivity (Wildman–Crippen MR) is 39.0 cm³/mol. The first kappa shape index (κ1) is 8.41. The van der Waals surface area contributed by atoms with Gasteiger partial charge in [-0.05, 0) is 18.8 Å². The second-order valence-corrected chi connectivity index (χ2v) is 2.03. The minimum absolute atomic E-state index is 0.426. The molecule has 1 atom stereocenters. The highest BCUT2D eigenvalue weighted by Crippen LogP contribution is 2.09. The molecule has 1 unspecified atom stereocenters. The summed E-state index contributed by atoms with van der Waals surface area (Å²) in [7, 11) is 0. The van der Waals surface area contributed by atoms with Crippen LogP contribution in [0.3, 0.4) is 0 Å². The smallest absolute Gasteiger partial charge is 0.120 e. The van der Waals surface area contributed by atoms with E-state index in [1.165, 1.54) is 0 Å². The summed E-state index contributed by atoms with van der Waals surface area (Å²) in [5, 5.41) is 0. The molecule has 0 aliphatic heterocycles. The Morgan fingerprint density at radius 1 is 1.56 bits per heavy atom. The third kappa shape index (κ3) is 3.95. The first-order valence-electron chi connectivity index (χ1n) is 3.20. The molecular weight excluding hydrogens is 112 g/mol. The van der Waals surface area contributed by atoms with E-state index in [4.69, 9.17) is 0 Å². The van der Waals surface area contributed by atoms with E-state index in [0.717, 1.165) is 19.1 Å². The number of aldehydes is 1. The lowest BCUT2D eigenvalue weighted by Crippen LogP contribution is -1.93. The summed E-state index contributed by atoms with van der Waals surface area (Å²) < 4.78 is 0. The van der Waals surface area contributed by atoms with Crippen LogP contribution in [0.5, 0.6) is 0 Å². The van der Waals surface area contributed by atoms with Gasteiger partial charge in [0.2, 0.25) is 0 Å². The molecule has 0 rings (SSSR count). The molecule has 0 spiro atoms. The molecule has 1 radical (unpaired) electrons. The second kappa shape index (κ2) is 5.54. The Morgan fingerprint density at radius 3 is 2.56 bits per heavy atom. The van der Waals surface area contributed by atoms with Crippen LogP contribution in [0, 0.1) is 12.8 Å². The van der Waals surface area contributed by atoms with Crippen LogP contribution in [-0.4, -0.2) is 6.29 Å². The molecule has 0 aliphatic rings. The van der Waals surface area contributed by atoms with Gasteiger partial charge < -0.3 is 4.79 Å². The van der Waals surface area contributed by atoms with Crippen molar-refractivity contribution in [2.75, 3.05) is 0 Å². The quantitative estimate of drug-likeness (QED) is 0.405. The fourth-order valence-corrected chi connectivity index (χ4v) is 0.662. The maximum Gasteiger partial charge on any atom is 0.120 e. The maximum absolute atomic E-state index is 9.89. The number of allylic oxidation sites excluding steroid dienone is 1. The van der Waals surface area contributed by atoms with Crippen LogP contribution in [0.15, 0.2) is 12.7 Å². The molecule has 0 fully saturated rings. The van der Waals surface area contributed by atoms with Gasteiger partial charge in [-0.15, -0.1) is 6.58 Å². The molecule has 0 amide bonds. The van der Waals surface area contributed by atoms with Crippen LogP contribution in [0.25, 0.3) is 0 Å². The Hall–Kier alpha value is -0.590. The Bertz CT molecular complexity index is 86.6. The van der Waals surface area contributed by atoms with Gasteiger partial charge in [0.05, 0.1) is 0 Å². The lowest BCUT2D eigenvalue weighted by molar-refractivity contribution is -0.108. The van der Waals surface area contributed by atoms with Crippen molar-refractivity contribution in [2.45, 2.75) is 19.3 Å². The van der Waals surface area contributed by atoms with Gasteiger partial charge >= 0.3 is 0 Å². The third-order valence-electron chi connectivity index (χ3n) is 1.36. The molecule has 9 heavy (non-hydrogen) atoms. The van der Waals surface area contributed by atoms with Gasteiger partial charge in [0, 0.05) is 6.42 Å². The summed E-state index contributed by atoms with van der Waals surface area (Å²) in [4.78, 5) is 9.89. The Kier molecular flexibility index (Phi) is 5.18. The highest BCUT2D eigenvalue weighted by atomic mass is 16.1. The minimum Gasteiger partial charge on any atom is -0.303 e. The molecule has 0 aromatic carbocycles. The number of hydrogen-bond acceptors (Lipinski definition) is 1. The van der Waals surface area contributed by atoms with Crippen molar-refractivity contribution in [3.8, 4) is 0 Å². The minimum atomic E-state index is 0.426. The molecular formula is C8H13O. The highest BCUT2D eigenvalue weighted by molar-refractivity contribution is 5.49. The fourth-order valence-electron chi connectivity index (χ4n) is 0.662. The van der Waals surface area contributed by atoms with Gasteiger partial charge in [0.1, 0.15) is 6.29 Å². The summed E-state index contributed by atoms with van der Waals surface area (Å²) in [5.74, 6) is 0.426. The third-order valence-corrected chi connectivity index (χ3v) is 1.36. The lowest BCUT2D eigenvalue weighted by atomic mass is 10.0. The van der Waals surface area contributed by atoms with Crippen LogP contribution in [0.1, 0.15) is 19.3 Å². The Balaban J connectivity index is 3.30. The SMILES string of the molecule is [CH2]CC(C=C)CCC=O. The van der Waals surface area contributed by atoms with Crippen molar-refractivity contribution in [3.63, 3.8) is 0 Å². The lowest BCUT2D eigenvalue weighted by Gasteiger charge is -2.04. The zero-order chi connectivity index (χ0) is 7.11. The van der Waals surface area contributed by atoms with E-state index >= 15 is 0 Å². The van der Waals surface area contributed by atoms with Crippen molar-refractivity contribution in [1.29, 1.82) is 0 Å². The van der Waals surface area contributed by atoms with Crippen LogP contribution in [0.4, 0.5) is 0 Å². The van der Waals surface area contributed by atoms with Crippen molar-refractivity contribution in [2.24, 2.45) is 5.92 Å². The maximum atomic E-state index is 9.89. The van der Waals surface area contributed by atoms with Crippen LogP contribution >= 0.6 is 0 Å². The van der Waals surface area contributed by atoms with Crippen LogP contribution in [0.2, 0.25) is 0 Å². The first-order valence-corrected chi connectivity index (χ1v) is 3.20. The fraction of sp³-hybridized carbons (Fsp3) is 0.500. The standard InChI is InChI=1S/C8H13O/c1-3-8(4-2)6-5-7-9/h3,7-8H,1-2,4-6H2. The van der Waals surface area contributed by atoms with Gasteiger partial charge in [-0.3, -0.25) is 0 Å². The number of carbonyl (C=O) groups is 1. The topological polar surface area (TPSA) is 17.1 Å². The van der Waals surface area contributed by atoms with Gasteiger partial charge in [-0.2, -0.15) is 0 Å². The van der Waals surface area contributed by atoms with E-state index in [1.807, 2.05) is 6.08 Å². The van der Waals surface area contributed by atoms with Crippen LogP contribution < -0.4 is 0 Å². The molecule has 0 heterocycles. The molecule has 0 saturated carbocycles. The van der Waals surface area contributed by atoms with Gasteiger partial charge in [0.15, 0.2) is 0 Å². The van der Waals surface area contributed by atoms with E-state index < -0.39 is 0 Å². The van der Waals surface area contributed by atoms with Crippen molar-refractivity contribution in [3.05, 3.63) is 19.6 Å². The number of carbonyl (C=O) groups excluding carboxylic acids is 1. The average Bonchev–Trinajstić information content (AvgIpc) is 1.91. The summed E-state index contributed by atoms with van der Waals surface area (Å²) in [6.07, 6.45) is 5.17. The number of rotatable bonds is 5. The monoisotopic (exact) mass is 125 g/mol. The number of hydrogen-bond donors (Lipinski definition) is 0. The zero-order valence-corrected chi connectivity index (χ0v) is 5.68. The summed E-state index contributed by atoms with van der Waals surface area (Å²) >= 11 is 0. The molecule has 0 N–H and O–H groups in total. The van der Waals surface area contributed by atoms with Crippen molar-refractivity contribution >= 4 is 6.29 Å². The molecule has 0 bridgehead atoms. The Morgan fingerprint density at radius 2 is 2.22 bits per heavy atom.